The minimum atomic E-state index is -4.30. The molecule has 0 amide bonds. The second kappa shape index (κ2) is 10.0. The van der Waals surface area contributed by atoms with E-state index in [0.29, 0.717) is 5.00 Å². The number of nitrogens with zero attached hydrogens (tertiary/aromatic N) is 1. The van der Waals surface area contributed by atoms with Gasteiger partial charge in [-0.2, -0.15) is 0 Å². The zero-order valence-electron chi connectivity index (χ0n) is 18.5. The Kier molecular flexibility index (Phi) is 7.08. The predicted octanol–water partition coefficient (Wildman–Crippen LogP) is 4.77. The molecule has 0 aliphatic carbocycles. The van der Waals surface area contributed by atoms with Crippen molar-refractivity contribution in [1.82, 2.24) is 0 Å². The normalized spacial score (nSPS) is 12.2. The number of anilines is 3. The Labute approximate surface area is 208 Å². The van der Waals surface area contributed by atoms with Crippen LogP contribution in [-0.2, 0) is 26.0 Å². The molecule has 1 unspecified atom stereocenters. The Morgan fingerprint density at radius 2 is 1.74 bits per heavy atom. The second-order valence-corrected chi connectivity index (χ2v) is 10.7. The summed E-state index contributed by atoms with van der Waals surface area (Å²) in [5.41, 5.74) is 0.231. The summed E-state index contributed by atoms with van der Waals surface area (Å²) < 4.78 is 63.7. The van der Waals surface area contributed by atoms with Gasteiger partial charge >= 0.3 is 5.97 Å². The molecular formula is C23H20N2O7S3. The lowest BCUT2D eigenvalue weighted by Crippen LogP contribution is -2.22. The van der Waals surface area contributed by atoms with Crippen LogP contribution in [0, 0.1) is 0 Å². The summed E-state index contributed by atoms with van der Waals surface area (Å²) in [6.45, 7) is 0. The Morgan fingerprint density at radius 1 is 1.03 bits per heavy atom. The third kappa shape index (κ3) is 5.00. The summed E-state index contributed by atoms with van der Waals surface area (Å²) in [5.74, 6) is -0.703. The van der Waals surface area contributed by atoms with E-state index in [2.05, 4.69) is 9.46 Å². The van der Waals surface area contributed by atoms with Crippen molar-refractivity contribution in [3.05, 3.63) is 78.4 Å². The molecule has 1 aromatic heterocycles. The molecule has 2 N–H and O–H groups in total. The number of nitrogens with one attached hydrogen (secondary N) is 1. The van der Waals surface area contributed by atoms with Crippen LogP contribution in [0.2, 0.25) is 0 Å². The highest BCUT2D eigenvalue weighted by Gasteiger charge is 2.26. The standard InChI is InChI=1S/C23H20N2O7S3/c1-31-19-12-11-16(23(26)32-2)13-21(19)35(29,30)24-17-8-4-5-9-18(17)25(34(27)28)22-14-15-7-3-6-10-20(15)33-22/h3-14,24H,1-2H3,(H,27,28). The Balaban J connectivity index is 1.79. The highest BCUT2D eigenvalue weighted by Crippen LogP contribution is 2.40. The summed E-state index contributed by atoms with van der Waals surface area (Å²) >= 11 is -1.22. The van der Waals surface area contributed by atoms with Gasteiger partial charge in [-0.3, -0.25) is 9.27 Å². The maximum absolute atomic E-state index is 13.4. The largest absolute Gasteiger partial charge is 0.495 e. The summed E-state index contributed by atoms with van der Waals surface area (Å²) in [6, 6.07) is 19.3. The molecule has 9 nitrogen and oxygen atoms in total. The molecule has 1 heterocycles. The van der Waals surface area contributed by atoms with E-state index in [4.69, 9.17) is 4.74 Å². The molecule has 0 saturated heterocycles. The van der Waals surface area contributed by atoms with Crippen molar-refractivity contribution in [2.75, 3.05) is 23.2 Å². The molecule has 1 atom stereocenters. The number of thiophene rings is 1. The van der Waals surface area contributed by atoms with Crippen molar-refractivity contribution in [3.8, 4) is 5.75 Å². The summed E-state index contributed by atoms with van der Waals surface area (Å²) in [7, 11) is -1.80. The fraction of sp³-hybridized carbons (Fsp3) is 0.0870. The van der Waals surface area contributed by atoms with Crippen molar-refractivity contribution in [3.63, 3.8) is 0 Å². The van der Waals surface area contributed by atoms with Gasteiger partial charge in [-0.1, -0.05) is 30.3 Å². The molecule has 4 aromatic rings. The van der Waals surface area contributed by atoms with Crippen molar-refractivity contribution in [1.29, 1.82) is 0 Å². The molecule has 0 aliphatic heterocycles. The van der Waals surface area contributed by atoms with E-state index >= 15 is 0 Å². The highest BCUT2D eigenvalue weighted by molar-refractivity contribution is 7.92. The minimum Gasteiger partial charge on any atom is -0.495 e. The summed E-state index contributed by atoms with van der Waals surface area (Å²) in [4.78, 5) is 11.7. The monoisotopic (exact) mass is 532 g/mol. The van der Waals surface area contributed by atoms with Gasteiger partial charge in [0.05, 0.1) is 31.2 Å². The van der Waals surface area contributed by atoms with Crippen LogP contribution in [-0.4, -0.2) is 37.4 Å². The number of esters is 1. The van der Waals surface area contributed by atoms with E-state index < -0.39 is 27.3 Å². The van der Waals surface area contributed by atoms with E-state index in [1.54, 1.807) is 18.2 Å². The fourth-order valence-electron chi connectivity index (χ4n) is 3.42. The Hall–Kier alpha value is -3.45. The molecule has 0 spiro atoms. The first-order valence-electron chi connectivity index (χ1n) is 10.0. The molecule has 0 saturated carbocycles. The summed E-state index contributed by atoms with van der Waals surface area (Å²) in [5, 5.41) is 1.33. The number of carbonyl (C=O) groups is 1. The van der Waals surface area contributed by atoms with E-state index in [9.17, 15) is 22.0 Å². The fourth-order valence-corrected chi connectivity index (χ4v) is 6.51. The molecule has 0 radical (unpaired) electrons. The molecule has 0 fully saturated rings. The maximum atomic E-state index is 13.4. The first kappa shape index (κ1) is 24.7. The van der Waals surface area contributed by atoms with Gasteiger partial charge in [-0.15, -0.1) is 11.3 Å². The Bertz CT molecular complexity index is 1500. The lowest BCUT2D eigenvalue weighted by atomic mass is 10.2. The van der Waals surface area contributed by atoms with Gasteiger partial charge in [-0.05, 0) is 47.9 Å². The number of sulfonamides is 1. The third-order valence-electron chi connectivity index (χ3n) is 5.01. The van der Waals surface area contributed by atoms with Crippen molar-refractivity contribution < 1.29 is 31.4 Å². The minimum absolute atomic E-state index is 0.00901. The number of fused-ring (bicyclic) bond motifs is 1. The molecule has 35 heavy (non-hydrogen) atoms. The lowest BCUT2D eigenvalue weighted by molar-refractivity contribution is 0.0600. The van der Waals surface area contributed by atoms with Crippen LogP contribution in [0.5, 0.6) is 5.75 Å². The van der Waals surface area contributed by atoms with Crippen LogP contribution in [0.15, 0.2) is 77.7 Å². The first-order chi connectivity index (χ1) is 16.7. The van der Waals surface area contributed by atoms with Crippen LogP contribution in [0.25, 0.3) is 10.1 Å². The number of carbonyl (C=O) groups excluding carboxylic acids is 1. The average Bonchev–Trinajstić information content (AvgIpc) is 3.27. The number of ether oxygens (including phenoxy) is 2. The topological polar surface area (TPSA) is 122 Å². The zero-order chi connectivity index (χ0) is 25.2. The van der Waals surface area contributed by atoms with Gasteiger partial charge in [-0.25, -0.2) is 21.7 Å². The Morgan fingerprint density at radius 3 is 2.43 bits per heavy atom. The van der Waals surface area contributed by atoms with Crippen molar-refractivity contribution in [2.45, 2.75) is 4.90 Å². The maximum Gasteiger partial charge on any atom is 0.337 e. The van der Waals surface area contributed by atoms with Crippen LogP contribution >= 0.6 is 11.3 Å². The number of benzene rings is 3. The van der Waals surface area contributed by atoms with E-state index in [0.717, 1.165) is 20.5 Å². The van der Waals surface area contributed by atoms with Crippen LogP contribution in [0.1, 0.15) is 10.4 Å². The van der Waals surface area contributed by atoms with Gasteiger partial charge in [0, 0.05) is 4.70 Å². The highest BCUT2D eigenvalue weighted by atomic mass is 32.2. The van der Waals surface area contributed by atoms with Gasteiger partial charge < -0.3 is 9.47 Å². The molecule has 0 aliphatic rings. The second-order valence-electron chi connectivity index (χ2n) is 7.13. The molecule has 3 aromatic carbocycles. The van der Waals surface area contributed by atoms with Crippen LogP contribution < -0.4 is 13.8 Å². The summed E-state index contributed by atoms with van der Waals surface area (Å²) in [6.07, 6.45) is 0. The number of methoxy groups -OCH3 is 2. The number of hydrogen-bond donors (Lipinski definition) is 2. The number of hydrogen-bond acceptors (Lipinski definition) is 7. The average molecular weight is 533 g/mol. The number of para-hydroxylation sites is 2. The van der Waals surface area contributed by atoms with Gasteiger partial charge in [0.2, 0.25) is 0 Å². The van der Waals surface area contributed by atoms with E-state index in [-0.39, 0.29) is 27.6 Å². The first-order valence-corrected chi connectivity index (χ1v) is 13.4. The molecule has 182 valence electrons. The zero-order valence-corrected chi connectivity index (χ0v) is 20.9. The quantitative estimate of drug-likeness (QED) is 0.248. The van der Waals surface area contributed by atoms with E-state index in [1.165, 1.54) is 49.8 Å². The third-order valence-corrected chi connectivity index (χ3v) is 8.32. The number of rotatable bonds is 8. The van der Waals surface area contributed by atoms with E-state index in [1.807, 2.05) is 24.3 Å². The van der Waals surface area contributed by atoms with Crippen molar-refractivity contribution in [2.24, 2.45) is 0 Å². The van der Waals surface area contributed by atoms with Gasteiger partial charge in [0.1, 0.15) is 15.6 Å². The smallest absolute Gasteiger partial charge is 0.337 e. The van der Waals surface area contributed by atoms with Crippen LogP contribution in [0.4, 0.5) is 16.4 Å². The predicted molar refractivity (Wildman–Crippen MR) is 136 cm³/mol. The molecular weight excluding hydrogens is 512 g/mol. The van der Waals surface area contributed by atoms with Crippen LogP contribution in [0.3, 0.4) is 0 Å². The van der Waals surface area contributed by atoms with Gasteiger partial charge in [0.25, 0.3) is 21.3 Å². The SMILES string of the molecule is COC(=O)c1ccc(OC)c(S(=O)(=O)Nc2ccccc2N(c2cc3ccccc3s2)S(=O)O)c1. The molecule has 0 bridgehead atoms. The lowest BCUT2D eigenvalue weighted by Gasteiger charge is -2.22. The molecule has 4 rings (SSSR count). The molecule has 12 heteroatoms. The van der Waals surface area contributed by atoms with Crippen molar-refractivity contribution >= 4 is 65.1 Å². The van der Waals surface area contributed by atoms with Gasteiger partial charge in [0.15, 0.2) is 0 Å².